The van der Waals surface area contributed by atoms with Crippen LogP contribution in [0.25, 0.3) is 11.3 Å². The van der Waals surface area contributed by atoms with Crippen molar-refractivity contribution in [2.24, 2.45) is 0 Å². The number of aromatic nitrogens is 3. The Balaban J connectivity index is 1.81. The largest absolute Gasteiger partial charge is 0.365 e. The molecule has 3 rings (SSSR count). The zero-order valence-corrected chi connectivity index (χ0v) is 14.0. The molecular weight excluding hydrogens is 316 g/mol. The molecule has 0 aliphatic carbocycles. The Hall–Kier alpha value is -3.28. The number of nitrogens with zero attached hydrogens (tertiary/aromatic N) is 3. The second-order valence-electron chi connectivity index (χ2n) is 5.77. The molecular formula is C19H18N4O2. The van der Waals surface area contributed by atoms with Crippen LogP contribution in [0.2, 0.25) is 0 Å². The van der Waals surface area contributed by atoms with E-state index in [1.165, 1.54) is 6.20 Å². The van der Waals surface area contributed by atoms with Crippen molar-refractivity contribution in [2.45, 2.75) is 19.9 Å². The number of rotatable bonds is 4. The number of aryl methyl sites for hydroxylation is 1. The van der Waals surface area contributed by atoms with Crippen LogP contribution in [0.1, 0.15) is 18.5 Å². The highest BCUT2D eigenvalue weighted by Crippen LogP contribution is 2.15. The molecule has 25 heavy (non-hydrogen) atoms. The smallest absolute Gasteiger partial charge is 0.324 e. The summed E-state index contributed by atoms with van der Waals surface area (Å²) >= 11 is 0. The van der Waals surface area contributed by atoms with Crippen LogP contribution in [0.4, 0.5) is 5.69 Å². The number of hydrogen-bond donors (Lipinski definition) is 1. The van der Waals surface area contributed by atoms with Gasteiger partial charge in [-0.15, -0.1) is 0 Å². The molecule has 126 valence electrons. The summed E-state index contributed by atoms with van der Waals surface area (Å²) < 4.78 is 1.08. The van der Waals surface area contributed by atoms with Crippen molar-refractivity contribution >= 4 is 11.6 Å². The highest BCUT2D eigenvalue weighted by atomic mass is 16.2. The molecule has 0 aliphatic heterocycles. The molecule has 0 spiro atoms. The van der Waals surface area contributed by atoms with E-state index in [4.69, 9.17) is 0 Å². The number of benzene rings is 2. The number of carbonyl (C=O) groups is 1. The van der Waals surface area contributed by atoms with Crippen LogP contribution in [0.5, 0.6) is 0 Å². The maximum absolute atomic E-state index is 12.3. The normalized spacial score (nSPS) is 11.8. The van der Waals surface area contributed by atoms with Crippen LogP contribution in [0, 0.1) is 6.92 Å². The van der Waals surface area contributed by atoms with Gasteiger partial charge in [-0.25, -0.2) is 9.48 Å². The van der Waals surface area contributed by atoms with Crippen molar-refractivity contribution in [3.8, 4) is 11.3 Å². The molecule has 6 nitrogen and oxygen atoms in total. The van der Waals surface area contributed by atoms with E-state index in [1.54, 1.807) is 19.1 Å². The molecule has 1 heterocycles. The van der Waals surface area contributed by atoms with Crippen LogP contribution >= 0.6 is 0 Å². The van der Waals surface area contributed by atoms with Crippen molar-refractivity contribution in [1.29, 1.82) is 0 Å². The Morgan fingerprint density at radius 2 is 1.76 bits per heavy atom. The molecule has 0 bridgehead atoms. The van der Waals surface area contributed by atoms with Crippen LogP contribution in [-0.2, 0) is 4.79 Å². The van der Waals surface area contributed by atoms with Crippen molar-refractivity contribution in [2.75, 3.05) is 5.32 Å². The molecule has 2 aromatic carbocycles. The lowest BCUT2D eigenvalue weighted by molar-refractivity contribution is -0.119. The first kappa shape index (κ1) is 16.6. The van der Waals surface area contributed by atoms with E-state index in [1.807, 2.05) is 49.4 Å². The number of carbonyl (C=O) groups excluding carboxylic acids is 1. The van der Waals surface area contributed by atoms with Gasteiger partial charge in [-0.1, -0.05) is 48.0 Å². The Kier molecular flexibility index (Phi) is 4.70. The lowest BCUT2D eigenvalue weighted by Crippen LogP contribution is -2.34. The second-order valence-corrected chi connectivity index (χ2v) is 5.77. The van der Waals surface area contributed by atoms with Gasteiger partial charge in [-0.3, -0.25) is 4.79 Å². The number of hydrogen-bond acceptors (Lipinski definition) is 4. The average molecular weight is 334 g/mol. The third-order valence-electron chi connectivity index (χ3n) is 3.85. The summed E-state index contributed by atoms with van der Waals surface area (Å²) in [5.41, 5.74) is 2.52. The molecule has 0 aliphatic rings. The molecule has 1 amide bonds. The summed E-state index contributed by atoms with van der Waals surface area (Å²) in [4.78, 5) is 28.7. The van der Waals surface area contributed by atoms with Gasteiger partial charge in [-0.05, 0) is 26.0 Å². The molecule has 1 aromatic heterocycles. The summed E-state index contributed by atoms with van der Waals surface area (Å²) in [6.07, 6.45) is 1.50. The maximum Gasteiger partial charge on any atom is 0.365 e. The molecule has 1 atom stereocenters. The zero-order valence-electron chi connectivity index (χ0n) is 14.0. The minimum Gasteiger partial charge on any atom is -0.324 e. The van der Waals surface area contributed by atoms with Gasteiger partial charge in [0.25, 0.3) is 0 Å². The molecule has 6 heteroatoms. The van der Waals surface area contributed by atoms with Crippen molar-refractivity contribution in [3.05, 3.63) is 76.8 Å². The maximum atomic E-state index is 12.3. The van der Waals surface area contributed by atoms with E-state index in [9.17, 15) is 9.59 Å². The second kappa shape index (κ2) is 7.09. The number of anilines is 1. The molecule has 0 fully saturated rings. The third kappa shape index (κ3) is 3.80. The highest BCUT2D eigenvalue weighted by Gasteiger charge is 2.18. The van der Waals surface area contributed by atoms with Gasteiger partial charge < -0.3 is 5.32 Å². The van der Waals surface area contributed by atoms with E-state index in [0.717, 1.165) is 15.8 Å². The van der Waals surface area contributed by atoms with Gasteiger partial charge in [0.15, 0.2) is 0 Å². The number of para-hydroxylation sites is 1. The Morgan fingerprint density at radius 3 is 2.40 bits per heavy atom. The average Bonchev–Trinajstić information content (AvgIpc) is 2.62. The topological polar surface area (TPSA) is 76.9 Å². The van der Waals surface area contributed by atoms with Gasteiger partial charge >= 0.3 is 5.69 Å². The summed E-state index contributed by atoms with van der Waals surface area (Å²) in [5.74, 6) is -0.328. The van der Waals surface area contributed by atoms with Gasteiger partial charge in [0.2, 0.25) is 5.91 Å². The van der Waals surface area contributed by atoms with Crippen LogP contribution < -0.4 is 11.0 Å². The number of nitrogens with one attached hydrogen (secondary N) is 1. The van der Waals surface area contributed by atoms with Crippen molar-refractivity contribution in [3.63, 3.8) is 0 Å². The standard InChI is InChI=1S/C19H18N4O2/c1-13-8-10-15(11-9-13)17-12-20-23(19(25)22-17)14(2)18(24)21-16-6-4-3-5-7-16/h3-12,14H,1-2H3,(H,21,24). The van der Waals surface area contributed by atoms with Gasteiger partial charge in [0.1, 0.15) is 6.04 Å². The summed E-state index contributed by atoms with van der Waals surface area (Å²) in [7, 11) is 0. The third-order valence-corrected chi connectivity index (χ3v) is 3.85. The first-order chi connectivity index (χ1) is 12.0. The molecule has 3 aromatic rings. The van der Waals surface area contributed by atoms with E-state index >= 15 is 0 Å². The van der Waals surface area contributed by atoms with E-state index in [0.29, 0.717) is 11.4 Å². The fourth-order valence-corrected chi connectivity index (χ4v) is 2.36. The number of amides is 1. The molecule has 1 unspecified atom stereocenters. The lowest BCUT2D eigenvalue weighted by atomic mass is 10.1. The minimum atomic E-state index is -0.771. The fourth-order valence-electron chi connectivity index (χ4n) is 2.36. The minimum absolute atomic E-state index is 0.328. The van der Waals surface area contributed by atoms with Crippen LogP contribution in [0.15, 0.2) is 65.6 Å². The Labute approximate surface area is 145 Å². The van der Waals surface area contributed by atoms with E-state index in [-0.39, 0.29) is 5.91 Å². The molecule has 0 radical (unpaired) electrons. The van der Waals surface area contributed by atoms with Gasteiger partial charge in [0.05, 0.1) is 11.9 Å². The monoisotopic (exact) mass is 334 g/mol. The lowest BCUT2D eigenvalue weighted by Gasteiger charge is -2.13. The fraction of sp³-hybridized carbons (Fsp3) is 0.158. The van der Waals surface area contributed by atoms with Crippen LogP contribution in [-0.4, -0.2) is 20.7 Å². The molecule has 1 N–H and O–H groups in total. The van der Waals surface area contributed by atoms with E-state index < -0.39 is 11.7 Å². The summed E-state index contributed by atoms with van der Waals surface area (Å²) in [5, 5.41) is 6.87. The van der Waals surface area contributed by atoms with Gasteiger partial charge in [-0.2, -0.15) is 10.1 Å². The zero-order chi connectivity index (χ0) is 17.8. The predicted molar refractivity (Wildman–Crippen MR) is 96.2 cm³/mol. The first-order valence-corrected chi connectivity index (χ1v) is 7.93. The van der Waals surface area contributed by atoms with E-state index in [2.05, 4.69) is 15.4 Å². The quantitative estimate of drug-likeness (QED) is 0.796. The Morgan fingerprint density at radius 1 is 1.08 bits per heavy atom. The summed E-state index contributed by atoms with van der Waals surface area (Å²) in [6, 6.07) is 15.9. The Bertz CT molecular complexity index is 934. The van der Waals surface area contributed by atoms with Crippen molar-refractivity contribution in [1.82, 2.24) is 14.8 Å². The van der Waals surface area contributed by atoms with Gasteiger partial charge in [0, 0.05) is 11.3 Å². The van der Waals surface area contributed by atoms with Crippen LogP contribution in [0.3, 0.4) is 0 Å². The molecule has 0 saturated carbocycles. The SMILES string of the molecule is Cc1ccc(-c2cnn(C(C)C(=O)Nc3ccccc3)c(=O)n2)cc1. The first-order valence-electron chi connectivity index (χ1n) is 7.93. The van der Waals surface area contributed by atoms with Crippen molar-refractivity contribution < 1.29 is 4.79 Å². The highest BCUT2D eigenvalue weighted by molar-refractivity contribution is 5.93. The molecule has 0 saturated heterocycles. The summed E-state index contributed by atoms with van der Waals surface area (Å²) in [6.45, 7) is 3.60. The predicted octanol–water partition coefficient (Wildman–Crippen LogP) is 2.81.